The van der Waals surface area contributed by atoms with Gasteiger partial charge in [-0.3, -0.25) is 9.29 Å². The highest BCUT2D eigenvalue weighted by Crippen LogP contribution is 2.45. The number of hydrogen-bond acceptors (Lipinski definition) is 5. The van der Waals surface area contributed by atoms with E-state index in [1.165, 1.54) is 23.1 Å². The molecule has 0 radical (unpaired) electrons. The van der Waals surface area contributed by atoms with E-state index in [2.05, 4.69) is 10.3 Å². The summed E-state index contributed by atoms with van der Waals surface area (Å²) in [5, 5.41) is 3.91. The molecule has 7 nitrogen and oxygen atoms in total. The summed E-state index contributed by atoms with van der Waals surface area (Å²) < 4.78 is 110. The van der Waals surface area contributed by atoms with Gasteiger partial charge in [-0.25, -0.2) is 26.7 Å². The van der Waals surface area contributed by atoms with Crippen LogP contribution in [0.3, 0.4) is 0 Å². The highest BCUT2D eigenvalue weighted by Gasteiger charge is 2.53. The number of fused-ring (bicyclic) bond motifs is 3. The summed E-state index contributed by atoms with van der Waals surface area (Å²) in [6.45, 7) is 4.55. The van der Waals surface area contributed by atoms with Crippen LogP contribution in [0.2, 0.25) is 5.04 Å². The van der Waals surface area contributed by atoms with Gasteiger partial charge in [0.15, 0.2) is 11.6 Å². The fraction of sp³-hybridized carbons (Fsp3) is 0.372. The molecule has 2 atom stereocenters. The molecule has 2 heterocycles. The Hall–Kier alpha value is -4.79. The van der Waals surface area contributed by atoms with Crippen LogP contribution in [0.5, 0.6) is 5.75 Å². The molecule has 4 aromatic carbocycles. The molecule has 5 aromatic rings. The van der Waals surface area contributed by atoms with Gasteiger partial charge in [0.2, 0.25) is 0 Å². The van der Waals surface area contributed by atoms with Crippen LogP contribution < -0.4 is 20.4 Å². The Labute approximate surface area is 329 Å². The SMILES string of the molecule is C[C@@H]1Cc2c([nH]c3ccc(F)cc23)[C@@H](c2c(F)ccc(OCCOC(=O)NCCCF)c2F)N1CC(F)(F)CO[Si](c1ccccc1)(c1ccccc1)C(C)(C)C. The number of halogens is 6. The van der Waals surface area contributed by atoms with Crippen molar-refractivity contribution in [2.24, 2.45) is 0 Å². The third kappa shape index (κ3) is 8.87. The summed E-state index contributed by atoms with van der Waals surface area (Å²) in [7, 11) is -3.39. The number of H-pyrrole nitrogens is 1. The van der Waals surface area contributed by atoms with Crippen LogP contribution in [0.4, 0.5) is 31.1 Å². The molecule has 0 aliphatic carbocycles. The number of alkyl halides is 3. The number of nitrogens with zero attached hydrogens (tertiary/aromatic N) is 1. The molecule has 0 fully saturated rings. The molecule has 0 spiro atoms. The van der Waals surface area contributed by atoms with E-state index in [0.29, 0.717) is 16.5 Å². The van der Waals surface area contributed by atoms with E-state index < -0.39 is 86.0 Å². The van der Waals surface area contributed by atoms with Gasteiger partial charge in [-0.2, -0.15) is 0 Å². The monoisotopic (exact) mass is 811 g/mol. The number of hydrogen-bond donors (Lipinski definition) is 2. The molecule has 1 aromatic heterocycles. The lowest BCUT2D eigenvalue weighted by atomic mass is 9.87. The molecule has 0 bridgehead atoms. The highest BCUT2D eigenvalue weighted by molar-refractivity contribution is 6.99. The van der Waals surface area contributed by atoms with Crippen molar-refractivity contribution in [2.45, 2.75) is 63.6 Å². The zero-order valence-corrected chi connectivity index (χ0v) is 33.3. The molecule has 0 saturated carbocycles. The predicted octanol–water partition coefficient (Wildman–Crippen LogP) is 8.60. The fourth-order valence-electron chi connectivity index (χ4n) is 7.88. The number of alkyl carbamates (subject to hydrolysis) is 1. The molecule has 1 aliphatic rings. The molecule has 57 heavy (non-hydrogen) atoms. The highest BCUT2D eigenvalue weighted by atomic mass is 28.4. The van der Waals surface area contributed by atoms with Crippen LogP contribution in [0, 0.1) is 17.5 Å². The van der Waals surface area contributed by atoms with Crippen molar-refractivity contribution >= 4 is 35.7 Å². The summed E-state index contributed by atoms with van der Waals surface area (Å²) in [5.74, 6) is -6.58. The van der Waals surface area contributed by atoms with Gasteiger partial charge in [-0.15, -0.1) is 0 Å². The van der Waals surface area contributed by atoms with Crippen molar-refractivity contribution in [2.75, 3.05) is 39.6 Å². The molecule has 1 aliphatic heterocycles. The van der Waals surface area contributed by atoms with Crippen LogP contribution in [-0.2, 0) is 15.6 Å². The number of carbonyl (C=O) groups excluding carboxylic acids is 1. The minimum absolute atomic E-state index is 0.0649. The Morgan fingerprint density at radius 3 is 2.23 bits per heavy atom. The van der Waals surface area contributed by atoms with Gasteiger partial charge < -0.3 is 24.2 Å². The number of rotatable bonds is 15. The average molecular weight is 812 g/mol. The number of aromatic nitrogens is 1. The van der Waals surface area contributed by atoms with Crippen LogP contribution in [0.25, 0.3) is 10.9 Å². The van der Waals surface area contributed by atoms with Crippen molar-refractivity contribution in [1.82, 2.24) is 15.2 Å². The maximum Gasteiger partial charge on any atom is 0.407 e. The number of nitrogens with one attached hydrogen (secondary N) is 2. The van der Waals surface area contributed by atoms with E-state index in [0.717, 1.165) is 22.5 Å². The Bertz CT molecular complexity index is 2110. The normalized spacial score (nSPS) is 16.4. The first-order valence-corrected chi connectivity index (χ1v) is 20.8. The van der Waals surface area contributed by atoms with E-state index in [4.69, 9.17) is 13.9 Å². The van der Waals surface area contributed by atoms with Gasteiger partial charge in [0.1, 0.15) is 24.8 Å². The molecule has 0 unspecified atom stereocenters. The molecule has 2 N–H and O–H groups in total. The summed E-state index contributed by atoms with van der Waals surface area (Å²) in [5.41, 5.74) is 0.751. The van der Waals surface area contributed by atoms with Gasteiger partial charge in [-0.1, -0.05) is 81.4 Å². The zero-order valence-electron chi connectivity index (χ0n) is 32.3. The first-order valence-electron chi connectivity index (χ1n) is 18.9. The molecule has 304 valence electrons. The third-order valence-corrected chi connectivity index (χ3v) is 15.4. The Kier molecular flexibility index (Phi) is 12.7. The van der Waals surface area contributed by atoms with Crippen molar-refractivity contribution < 1.29 is 45.0 Å². The lowest BCUT2D eigenvalue weighted by molar-refractivity contribution is -0.0825. The fourth-order valence-corrected chi connectivity index (χ4v) is 12.5. The number of amides is 1. The van der Waals surface area contributed by atoms with Gasteiger partial charge in [0, 0.05) is 29.2 Å². The number of benzene rings is 4. The van der Waals surface area contributed by atoms with Gasteiger partial charge in [0.05, 0.1) is 31.4 Å². The summed E-state index contributed by atoms with van der Waals surface area (Å²) in [4.78, 5) is 16.4. The molecule has 6 rings (SSSR count). The quantitative estimate of drug-likeness (QED) is 0.0630. The van der Waals surface area contributed by atoms with Crippen molar-refractivity contribution in [1.29, 1.82) is 0 Å². The first-order chi connectivity index (χ1) is 27.2. The summed E-state index contributed by atoms with van der Waals surface area (Å²) in [6.07, 6.45) is -0.522. The lowest BCUT2D eigenvalue weighted by Gasteiger charge is -2.45. The van der Waals surface area contributed by atoms with Crippen molar-refractivity contribution in [3.8, 4) is 5.75 Å². The van der Waals surface area contributed by atoms with Gasteiger partial charge >= 0.3 is 6.09 Å². The molecule has 14 heteroatoms. The molecular formula is C43H47F6N3O4Si. The predicted molar refractivity (Wildman–Crippen MR) is 210 cm³/mol. The standard InChI is InChI=1S/C43H47F6N3O4Si/c1-28-24-33-32-25-29(45)16-18-35(32)51-39(33)40(37-34(46)17-19-36(38(37)47)54-22-23-55-41(53)50-21-11-20-44)52(28)26-43(48,49)27-56-57(42(2,3)4,30-12-7-5-8-13-30)31-14-9-6-10-15-31/h5-10,12-19,25,28,40,51H,11,20-24,26-27H2,1-4H3,(H,50,53)/t28-,40-/m1/s1. The van der Waals surface area contributed by atoms with Gasteiger partial charge in [0.25, 0.3) is 14.2 Å². The second-order valence-corrected chi connectivity index (χ2v) is 19.7. The maximum absolute atomic E-state index is 16.8. The van der Waals surface area contributed by atoms with E-state index in [-0.39, 0.29) is 38.3 Å². The second kappa shape index (κ2) is 17.4. The smallest absolute Gasteiger partial charge is 0.407 e. The van der Waals surface area contributed by atoms with Crippen molar-refractivity contribution in [3.05, 3.63) is 125 Å². The zero-order chi connectivity index (χ0) is 41.0. The van der Waals surface area contributed by atoms with E-state index in [9.17, 15) is 13.6 Å². The number of aromatic amines is 1. The molecule has 0 saturated heterocycles. The Balaban J connectivity index is 1.35. The summed E-state index contributed by atoms with van der Waals surface area (Å²) >= 11 is 0. The minimum Gasteiger partial charge on any atom is -0.487 e. The van der Waals surface area contributed by atoms with E-state index in [1.54, 1.807) is 6.92 Å². The van der Waals surface area contributed by atoms with Crippen LogP contribution in [0.15, 0.2) is 91.0 Å². The molecular weight excluding hydrogens is 765 g/mol. The second-order valence-electron chi connectivity index (χ2n) is 15.4. The number of carbonyl (C=O) groups is 1. The Morgan fingerprint density at radius 1 is 0.930 bits per heavy atom. The lowest BCUT2D eigenvalue weighted by Crippen LogP contribution is -2.67. The van der Waals surface area contributed by atoms with E-state index in [1.807, 2.05) is 81.4 Å². The minimum atomic E-state index is -3.53. The average Bonchev–Trinajstić information content (AvgIpc) is 3.52. The largest absolute Gasteiger partial charge is 0.487 e. The van der Waals surface area contributed by atoms with Crippen LogP contribution in [0.1, 0.15) is 57.0 Å². The van der Waals surface area contributed by atoms with Crippen molar-refractivity contribution in [3.63, 3.8) is 0 Å². The topological polar surface area (TPSA) is 75.8 Å². The molecule has 1 amide bonds. The third-order valence-electron chi connectivity index (χ3n) is 10.4. The first kappa shape index (κ1) is 41.8. The Morgan fingerprint density at radius 2 is 1.60 bits per heavy atom. The van der Waals surface area contributed by atoms with E-state index >= 15 is 17.6 Å². The summed E-state index contributed by atoms with van der Waals surface area (Å²) in [6, 6.07) is 22.8. The maximum atomic E-state index is 16.8. The van der Waals surface area contributed by atoms with Gasteiger partial charge in [-0.05, 0) is 71.1 Å². The van der Waals surface area contributed by atoms with Crippen LogP contribution >= 0.6 is 0 Å². The van der Waals surface area contributed by atoms with Crippen LogP contribution in [-0.4, -0.2) is 75.8 Å². The number of ether oxygens (including phenoxy) is 2.